The summed E-state index contributed by atoms with van der Waals surface area (Å²) in [5.41, 5.74) is -1.18. The van der Waals surface area contributed by atoms with Crippen LogP contribution in [-0.4, -0.2) is 57.8 Å². The van der Waals surface area contributed by atoms with Crippen LogP contribution in [0.4, 0.5) is 0 Å². The lowest BCUT2D eigenvalue weighted by Gasteiger charge is -2.60. The van der Waals surface area contributed by atoms with Crippen LogP contribution < -0.4 is 5.32 Å². The first-order valence-corrected chi connectivity index (χ1v) is 10.6. The summed E-state index contributed by atoms with van der Waals surface area (Å²) < 4.78 is 5.51. The number of esters is 1. The molecule has 4 saturated carbocycles. The zero-order valence-corrected chi connectivity index (χ0v) is 16.9. The number of hydrogen-bond acceptors (Lipinski definition) is 5. The molecule has 1 amide bonds. The van der Waals surface area contributed by atoms with Gasteiger partial charge in [0.15, 0.2) is 0 Å². The Hall–Kier alpha value is -1.14. The smallest absolute Gasteiger partial charge is 0.329 e. The molecule has 0 aromatic rings. The van der Waals surface area contributed by atoms with Crippen LogP contribution in [-0.2, 0) is 14.3 Å². The monoisotopic (exact) mass is 378 g/mol. The van der Waals surface area contributed by atoms with Crippen LogP contribution >= 0.6 is 0 Å². The van der Waals surface area contributed by atoms with E-state index in [1.54, 1.807) is 4.90 Å². The Kier molecular flexibility index (Phi) is 4.58. The minimum absolute atomic E-state index is 0.0221. The highest BCUT2D eigenvalue weighted by atomic mass is 16.6. The highest BCUT2D eigenvalue weighted by Crippen LogP contribution is 2.57. The highest BCUT2D eigenvalue weighted by Gasteiger charge is 2.57. The lowest BCUT2D eigenvalue weighted by atomic mass is 9.51. The largest absolute Gasteiger partial charge is 0.458 e. The summed E-state index contributed by atoms with van der Waals surface area (Å²) in [5.74, 6) is 0.851. The number of carbonyl (C=O) groups excluding carboxylic acids is 2. The fourth-order valence-corrected chi connectivity index (χ4v) is 6.47. The van der Waals surface area contributed by atoms with Gasteiger partial charge in [-0.3, -0.25) is 4.79 Å². The van der Waals surface area contributed by atoms with Crippen molar-refractivity contribution in [3.8, 4) is 0 Å². The standard InChI is InChI=1S/C21H34N2O4/c1-19(2,3)27-18(25)16-5-4-6-23(16)17(24)12-22-20-8-14-7-15(9-20)11-21(26,10-14)13-20/h14-16,22,26H,4-13H2,1-3H3/t14-,15+,16-,20?,21?/m0/s1. The van der Waals surface area contributed by atoms with Crippen molar-refractivity contribution >= 4 is 11.9 Å². The molecule has 1 heterocycles. The van der Waals surface area contributed by atoms with Crippen LogP contribution in [0, 0.1) is 11.8 Å². The zero-order valence-electron chi connectivity index (χ0n) is 16.9. The van der Waals surface area contributed by atoms with Gasteiger partial charge in [-0.25, -0.2) is 4.79 Å². The molecule has 4 aliphatic carbocycles. The van der Waals surface area contributed by atoms with Gasteiger partial charge in [0.1, 0.15) is 11.6 Å². The Morgan fingerprint density at radius 2 is 1.85 bits per heavy atom. The maximum absolute atomic E-state index is 12.9. The summed E-state index contributed by atoms with van der Waals surface area (Å²) in [6.07, 6.45) is 7.48. The molecule has 1 saturated heterocycles. The molecule has 1 aliphatic heterocycles. The zero-order chi connectivity index (χ0) is 19.4. The number of nitrogens with one attached hydrogen (secondary N) is 1. The average Bonchev–Trinajstić information content (AvgIpc) is 2.98. The van der Waals surface area contributed by atoms with Gasteiger partial charge < -0.3 is 20.1 Å². The second-order valence-electron chi connectivity index (χ2n) is 10.6. The Balaban J connectivity index is 1.37. The molecule has 27 heavy (non-hydrogen) atoms. The second-order valence-corrected chi connectivity index (χ2v) is 10.6. The fraction of sp³-hybridized carbons (Fsp3) is 0.905. The van der Waals surface area contributed by atoms with E-state index in [-0.39, 0.29) is 24.0 Å². The topological polar surface area (TPSA) is 78.9 Å². The Labute approximate surface area is 162 Å². The Morgan fingerprint density at radius 3 is 2.44 bits per heavy atom. The summed E-state index contributed by atoms with van der Waals surface area (Å²) in [4.78, 5) is 27.1. The van der Waals surface area contributed by atoms with Crippen molar-refractivity contribution in [3.63, 3.8) is 0 Å². The van der Waals surface area contributed by atoms with E-state index in [0.717, 1.165) is 38.5 Å². The van der Waals surface area contributed by atoms with Crippen LogP contribution in [0.3, 0.4) is 0 Å². The molecule has 0 aromatic heterocycles. The van der Waals surface area contributed by atoms with Crippen molar-refractivity contribution < 1.29 is 19.4 Å². The van der Waals surface area contributed by atoms with Crippen molar-refractivity contribution in [2.24, 2.45) is 11.8 Å². The molecule has 5 rings (SSSR count). The van der Waals surface area contributed by atoms with E-state index in [1.165, 1.54) is 6.42 Å². The van der Waals surface area contributed by atoms with E-state index in [0.29, 0.717) is 24.8 Å². The molecular weight excluding hydrogens is 344 g/mol. The summed E-state index contributed by atoms with van der Waals surface area (Å²) in [7, 11) is 0. The predicted octanol–water partition coefficient (Wildman–Crippen LogP) is 1.99. The van der Waals surface area contributed by atoms with Crippen LogP contribution in [0.1, 0.15) is 72.1 Å². The molecule has 2 unspecified atom stereocenters. The lowest BCUT2D eigenvalue weighted by Crippen LogP contribution is -2.65. The van der Waals surface area contributed by atoms with E-state index in [9.17, 15) is 14.7 Å². The predicted molar refractivity (Wildman–Crippen MR) is 101 cm³/mol. The van der Waals surface area contributed by atoms with Crippen molar-refractivity contribution in [1.82, 2.24) is 10.2 Å². The van der Waals surface area contributed by atoms with Crippen LogP contribution in [0.2, 0.25) is 0 Å². The third-order valence-corrected chi connectivity index (χ3v) is 6.90. The number of aliphatic hydroxyl groups is 1. The second kappa shape index (κ2) is 6.45. The molecule has 0 aromatic carbocycles. The Morgan fingerprint density at radius 1 is 1.19 bits per heavy atom. The third-order valence-electron chi connectivity index (χ3n) is 6.90. The summed E-state index contributed by atoms with van der Waals surface area (Å²) >= 11 is 0. The summed E-state index contributed by atoms with van der Waals surface area (Å²) in [6.45, 7) is 6.42. The molecule has 152 valence electrons. The average molecular weight is 379 g/mol. The van der Waals surface area contributed by atoms with Gasteiger partial charge in [0.05, 0.1) is 12.1 Å². The lowest BCUT2D eigenvalue weighted by molar-refractivity contribution is -0.163. The van der Waals surface area contributed by atoms with Gasteiger partial charge in [-0.1, -0.05) is 0 Å². The van der Waals surface area contributed by atoms with Crippen LogP contribution in [0.15, 0.2) is 0 Å². The molecule has 6 heteroatoms. The highest BCUT2D eigenvalue weighted by molar-refractivity contribution is 5.86. The number of rotatable bonds is 4. The maximum Gasteiger partial charge on any atom is 0.329 e. The fourth-order valence-electron chi connectivity index (χ4n) is 6.47. The van der Waals surface area contributed by atoms with Gasteiger partial charge in [-0.05, 0) is 84.0 Å². The number of ether oxygens (including phenoxy) is 1. The quantitative estimate of drug-likeness (QED) is 0.732. The van der Waals surface area contributed by atoms with Crippen molar-refractivity contribution in [3.05, 3.63) is 0 Å². The number of carbonyl (C=O) groups is 2. The van der Waals surface area contributed by atoms with Gasteiger partial charge >= 0.3 is 5.97 Å². The van der Waals surface area contributed by atoms with Crippen LogP contribution in [0.25, 0.3) is 0 Å². The van der Waals surface area contributed by atoms with Crippen molar-refractivity contribution in [2.45, 2.75) is 94.9 Å². The summed E-state index contributed by atoms with van der Waals surface area (Å²) in [5, 5.41) is 14.4. The number of hydrogen-bond donors (Lipinski definition) is 2. The van der Waals surface area contributed by atoms with Crippen molar-refractivity contribution in [1.29, 1.82) is 0 Å². The first-order valence-electron chi connectivity index (χ1n) is 10.6. The van der Waals surface area contributed by atoms with E-state index in [2.05, 4.69) is 5.32 Å². The van der Waals surface area contributed by atoms with Gasteiger partial charge in [0.2, 0.25) is 5.91 Å². The molecule has 0 radical (unpaired) electrons. The van der Waals surface area contributed by atoms with E-state index in [1.807, 2.05) is 20.8 Å². The minimum Gasteiger partial charge on any atom is -0.458 e. The molecule has 4 bridgehead atoms. The first kappa shape index (κ1) is 19.2. The normalized spacial score (nSPS) is 40.4. The van der Waals surface area contributed by atoms with E-state index >= 15 is 0 Å². The summed E-state index contributed by atoms with van der Waals surface area (Å²) in [6, 6.07) is -0.459. The molecule has 0 spiro atoms. The SMILES string of the molecule is CC(C)(C)OC(=O)[C@@H]1CCCN1C(=O)CNC12C[C@@H]3C[C@@H](CC(O)(C3)C1)C2. The van der Waals surface area contributed by atoms with Gasteiger partial charge in [-0.15, -0.1) is 0 Å². The molecular formula is C21H34N2O4. The molecule has 2 N–H and O–H groups in total. The molecule has 6 nitrogen and oxygen atoms in total. The number of nitrogens with zero attached hydrogens (tertiary/aromatic N) is 1. The molecule has 5 fully saturated rings. The van der Waals surface area contributed by atoms with Gasteiger partial charge in [0.25, 0.3) is 0 Å². The Bertz CT molecular complexity index is 612. The number of amides is 1. The van der Waals surface area contributed by atoms with Gasteiger partial charge in [0, 0.05) is 12.1 Å². The van der Waals surface area contributed by atoms with E-state index in [4.69, 9.17) is 4.74 Å². The van der Waals surface area contributed by atoms with Gasteiger partial charge in [-0.2, -0.15) is 0 Å². The minimum atomic E-state index is -0.540. The van der Waals surface area contributed by atoms with Crippen molar-refractivity contribution in [2.75, 3.05) is 13.1 Å². The first-order chi connectivity index (χ1) is 12.6. The van der Waals surface area contributed by atoms with E-state index < -0.39 is 17.2 Å². The maximum atomic E-state index is 12.9. The molecule has 5 atom stereocenters. The number of likely N-dealkylation sites (tertiary alicyclic amines) is 1. The third kappa shape index (κ3) is 3.88. The molecule has 5 aliphatic rings. The van der Waals surface area contributed by atoms with Crippen LogP contribution in [0.5, 0.6) is 0 Å².